The third-order valence-corrected chi connectivity index (χ3v) is 5.19. The van der Waals surface area contributed by atoms with Crippen LogP contribution in [0.2, 0.25) is 0 Å². The molecule has 2 heterocycles. The third kappa shape index (κ3) is 2.15. The van der Waals surface area contributed by atoms with Gasteiger partial charge in [0.1, 0.15) is 10.4 Å². The summed E-state index contributed by atoms with van der Waals surface area (Å²) in [5.74, 6) is -5.55. The number of para-hydroxylation sites is 1. The normalized spacial score (nSPS) is 11.5. The molecule has 0 spiro atoms. The minimum absolute atomic E-state index is 0.0273. The quantitative estimate of drug-likeness (QED) is 0.387. The molecule has 0 bridgehead atoms. The van der Waals surface area contributed by atoms with Crippen molar-refractivity contribution in [3.05, 3.63) is 63.6 Å². The molecular formula is C18H10F3NO3S. The maximum absolute atomic E-state index is 14.6. The molecule has 26 heavy (non-hydrogen) atoms. The monoisotopic (exact) mass is 377 g/mol. The minimum atomic E-state index is -1.68. The molecule has 0 aliphatic rings. The third-order valence-electron chi connectivity index (χ3n) is 4.04. The van der Waals surface area contributed by atoms with Gasteiger partial charge in [-0.05, 0) is 25.1 Å². The van der Waals surface area contributed by atoms with Gasteiger partial charge in [0.2, 0.25) is 5.43 Å². The number of carbonyl (C=O) groups is 1. The van der Waals surface area contributed by atoms with E-state index in [1.54, 1.807) is 31.2 Å². The zero-order valence-electron chi connectivity index (χ0n) is 13.3. The van der Waals surface area contributed by atoms with Crippen molar-refractivity contribution in [2.75, 3.05) is 6.61 Å². The van der Waals surface area contributed by atoms with Crippen LogP contribution in [-0.4, -0.2) is 17.0 Å². The van der Waals surface area contributed by atoms with Crippen molar-refractivity contribution in [1.29, 1.82) is 0 Å². The van der Waals surface area contributed by atoms with E-state index in [-0.39, 0.29) is 17.0 Å². The Morgan fingerprint density at radius 3 is 2.65 bits per heavy atom. The highest BCUT2D eigenvalue weighted by Crippen LogP contribution is 2.33. The van der Waals surface area contributed by atoms with E-state index in [1.165, 1.54) is 4.40 Å². The first-order valence-electron chi connectivity index (χ1n) is 7.66. The van der Waals surface area contributed by atoms with Gasteiger partial charge in [-0.2, -0.15) is 0 Å². The SMILES string of the molecule is CCOC(=O)c1c(=O)c2cc(F)c(F)c(F)c2n2c1sc1ccccc12. The summed E-state index contributed by atoms with van der Waals surface area (Å²) in [6, 6.07) is 7.38. The van der Waals surface area contributed by atoms with Crippen molar-refractivity contribution in [3.8, 4) is 0 Å². The summed E-state index contributed by atoms with van der Waals surface area (Å²) in [6.07, 6.45) is 0. The second-order valence-corrected chi connectivity index (χ2v) is 6.55. The Hall–Kier alpha value is -2.87. The zero-order chi connectivity index (χ0) is 18.6. The number of carbonyl (C=O) groups excluding carboxylic acids is 1. The molecule has 0 saturated heterocycles. The van der Waals surface area contributed by atoms with Gasteiger partial charge in [-0.15, -0.1) is 11.3 Å². The van der Waals surface area contributed by atoms with Crippen LogP contribution in [0.15, 0.2) is 35.1 Å². The van der Waals surface area contributed by atoms with Crippen molar-refractivity contribution in [3.63, 3.8) is 0 Å². The van der Waals surface area contributed by atoms with E-state index in [2.05, 4.69) is 0 Å². The van der Waals surface area contributed by atoms with Crippen molar-refractivity contribution in [1.82, 2.24) is 4.40 Å². The molecule has 0 amide bonds. The molecule has 0 N–H and O–H groups in total. The average molecular weight is 377 g/mol. The smallest absolute Gasteiger partial charge is 0.345 e. The molecular weight excluding hydrogens is 367 g/mol. The molecule has 0 aliphatic carbocycles. The summed E-state index contributed by atoms with van der Waals surface area (Å²) < 4.78 is 49.0. The second-order valence-electron chi connectivity index (χ2n) is 5.52. The van der Waals surface area contributed by atoms with E-state index in [9.17, 15) is 22.8 Å². The van der Waals surface area contributed by atoms with Crippen LogP contribution in [0.3, 0.4) is 0 Å². The summed E-state index contributed by atoms with van der Waals surface area (Å²) in [4.78, 5) is 25.3. The van der Waals surface area contributed by atoms with E-state index in [1.807, 2.05) is 0 Å². The first-order chi connectivity index (χ1) is 12.5. The number of thiazole rings is 1. The summed E-state index contributed by atoms with van der Waals surface area (Å²) in [5.41, 5.74) is -1.17. The average Bonchev–Trinajstić information content (AvgIpc) is 2.99. The van der Waals surface area contributed by atoms with E-state index in [0.717, 1.165) is 11.3 Å². The molecule has 4 nitrogen and oxygen atoms in total. The topological polar surface area (TPSA) is 47.8 Å². The summed E-state index contributed by atoms with van der Waals surface area (Å²) in [6.45, 7) is 1.60. The number of fused-ring (bicyclic) bond motifs is 5. The molecule has 0 saturated carbocycles. The number of rotatable bonds is 2. The number of hydrogen-bond donors (Lipinski definition) is 0. The van der Waals surface area contributed by atoms with Gasteiger partial charge < -0.3 is 4.74 Å². The maximum Gasteiger partial charge on any atom is 0.345 e. The second kappa shape index (κ2) is 5.84. The first-order valence-corrected chi connectivity index (χ1v) is 8.48. The molecule has 4 rings (SSSR count). The van der Waals surface area contributed by atoms with E-state index < -0.39 is 39.8 Å². The Morgan fingerprint density at radius 1 is 1.19 bits per heavy atom. The molecule has 0 fully saturated rings. The Bertz CT molecular complexity index is 1280. The number of esters is 1. The number of hydrogen-bond acceptors (Lipinski definition) is 4. The molecule has 2 aromatic heterocycles. The van der Waals surface area contributed by atoms with Gasteiger partial charge in [0.05, 0.1) is 27.7 Å². The fourth-order valence-corrected chi connectivity index (χ4v) is 4.14. The highest BCUT2D eigenvalue weighted by Gasteiger charge is 2.26. The number of aromatic nitrogens is 1. The Kier molecular flexibility index (Phi) is 3.73. The predicted octanol–water partition coefficient (Wildman–Crippen LogP) is 4.26. The molecule has 0 unspecified atom stereocenters. The fraction of sp³-hybridized carbons (Fsp3) is 0.111. The molecule has 0 radical (unpaired) electrons. The summed E-state index contributed by atoms with van der Waals surface area (Å²) in [7, 11) is 0. The lowest BCUT2D eigenvalue weighted by atomic mass is 10.1. The van der Waals surface area contributed by atoms with E-state index >= 15 is 0 Å². The number of ether oxygens (including phenoxy) is 1. The van der Waals surface area contributed by atoms with Gasteiger partial charge in [0.25, 0.3) is 0 Å². The lowest BCUT2D eigenvalue weighted by molar-refractivity contribution is 0.0527. The van der Waals surface area contributed by atoms with Gasteiger partial charge in [-0.25, -0.2) is 18.0 Å². The van der Waals surface area contributed by atoms with Crippen LogP contribution in [0.1, 0.15) is 17.3 Å². The van der Waals surface area contributed by atoms with Crippen LogP contribution in [0.5, 0.6) is 0 Å². The molecule has 132 valence electrons. The van der Waals surface area contributed by atoms with Crippen molar-refractivity contribution in [2.24, 2.45) is 0 Å². The van der Waals surface area contributed by atoms with E-state index in [4.69, 9.17) is 4.74 Å². The van der Waals surface area contributed by atoms with Crippen LogP contribution in [0, 0.1) is 17.5 Å². The van der Waals surface area contributed by atoms with Gasteiger partial charge in [0, 0.05) is 0 Å². The maximum atomic E-state index is 14.6. The van der Waals surface area contributed by atoms with Gasteiger partial charge >= 0.3 is 5.97 Å². The minimum Gasteiger partial charge on any atom is -0.462 e. The van der Waals surface area contributed by atoms with Crippen LogP contribution in [0.25, 0.3) is 25.9 Å². The van der Waals surface area contributed by atoms with Crippen molar-refractivity contribution < 1.29 is 22.7 Å². The number of pyridine rings is 1. The standard InChI is InChI=1S/C18H10F3NO3S/c1-2-25-18(24)12-16(23)8-7-9(19)13(20)14(21)15(8)22-10-5-3-4-6-11(10)26-17(12)22/h3-7H,2H2,1H3. The summed E-state index contributed by atoms with van der Waals surface area (Å²) in [5, 5.41) is -0.425. The highest BCUT2D eigenvalue weighted by molar-refractivity contribution is 7.24. The molecule has 0 atom stereocenters. The Balaban J connectivity index is 2.36. The fourth-order valence-electron chi connectivity index (χ4n) is 2.96. The number of benzene rings is 2. The molecule has 0 aliphatic heterocycles. The van der Waals surface area contributed by atoms with Crippen LogP contribution >= 0.6 is 11.3 Å². The first kappa shape index (κ1) is 16.6. The molecule has 8 heteroatoms. The number of nitrogens with zero attached hydrogens (tertiary/aromatic N) is 1. The summed E-state index contributed by atoms with van der Waals surface area (Å²) >= 11 is 1.07. The number of halogens is 3. The van der Waals surface area contributed by atoms with Crippen LogP contribution < -0.4 is 5.43 Å². The van der Waals surface area contributed by atoms with Gasteiger partial charge in [-0.1, -0.05) is 12.1 Å². The lowest BCUT2D eigenvalue weighted by Crippen LogP contribution is -2.20. The molecule has 4 aromatic rings. The Morgan fingerprint density at radius 2 is 1.92 bits per heavy atom. The molecule has 2 aromatic carbocycles. The van der Waals surface area contributed by atoms with Gasteiger partial charge in [-0.3, -0.25) is 9.20 Å². The van der Waals surface area contributed by atoms with Crippen LogP contribution in [0.4, 0.5) is 13.2 Å². The van der Waals surface area contributed by atoms with Crippen molar-refractivity contribution >= 4 is 43.3 Å². The largest absolute Gasteiger partial charge is 0.462 e. The Labute approximate surface area is 148 Å². The highest BCUT2D eigenvalue weighted by atomic mass is 32.1. The van der Waals surface area contributed by atoms with Crippen LogP contribution in [-0.2, 0) is 4.74 Å². The van der Waals surface area contributed by atoms with Crippen molar-refractivity contribution in [2.45, 2.75) is 6.92 Å². The van der Waals surface area contributed by atoms with E-state index in [0.29, 0.717) is 16.3 Å². The van der Waals surface area contributed by atoms with Gasteiger partial charge in [0.15, 0.2) is 17.5 Å². The lowest BCUT2D eigenvalue weighted by Gasteiger charge is -2.09. The zero-order valence-corrected chi connectivity index (χ0v) is 14.1. The predicted molar refractivity (Wildman–Crippen MR) is 92.4 cm³/mol.